The van der Waals surface area contributed by atoms with Gasteiger partial charge in [-0.25, -0.2) is 0 Å². The predicted molar refractivity (Wildman–Crippen MR) is 85.0 cm³/mol. The van der Waals surface area contributed by atoms with E-state index >= 15 is 0 Å². The van der Waals surface area contributed by atoms with Crippen LogP contribution in [0.25, 0.3) is 0 Å². The highest BCUT2D eigenvalue weighted by molar-refractivity contribution is 7.11. The van der Waals surface area contributed by atoms with Crippen LogP contribution in [-0.4, -0.2) is 18.0 Å². The number of thiophene rings is 1. The maximum Gasteiger partial charge on any atom is 0.191 e. The fourth-order valence-corrected chi connectivity index (χ4v) is 2.67. The van der Waals surface area contributed by atoms with E-state index in [1.165, 1.54) is 9.75 Å². The van der Waals surface area contributed by atoms with E-state index in [4.69, 9.17) is 0 Å². The lowest BCUT2D eigenvalue weighted by Crippen LogP contribution is -2.36. The van der Waals surface area contributed by atoms with Crippen LogP contribution in [0, 0.1) is 0 Å². The zero-order chi connectivity index (χ0) is 14.2. The number of aliphatic imine (C=N–C) groups is 1. The van der Waals surface area contributed by atoms with Crippen molar-refractivity contribution in [2.75, 3.05) is 7.05 Å². The van der Waals surface area contributed by atoms with Gasteiger partial charge in [-0.05, 0) is 30.7 Å². The quantitative estimate of drug-likeness (QED) is 0.657. The zero-order valence-electron chi connectivity index (χ0n) is 11.9. The van der Waals surface area contributed by atoms with Crippen LogP contribution < -0.4 is 10.6 Å². The Morgan fingerprint density at radius 2 is 1.95 bits per heavy atom. The van der Waals surface area contributed by atoms with Gasteiger partial charge in [-0.2, -0.15) is 0 Å². The molecule has 0 saturated heterocycles. The van der Waals surface area contributed by atoms with Crippen LogP contribution >= 0.6 is 11.3 Å². The SMILES string of the molecule is CCc1ccc(CNC(=NC)NCc2ccccn2)s1. The lowest BCUT2D eigenvalue weighted by molar-refractivity contribution is 0.799. The summed E-state index contributed by atoms with van der Waals surface area (Å²) in [7, 11) is 1.78. The third-order valence-corrected chi connectivity index (χ3v) is 4.11. The summed E-state index contributed by atoms with van der Waals surface area (Å²) in [5.74, 6) is 0.794. The summed E-state index contributed by atoms with van der Waals surface area (Å²) in [4.78, 5) is 11.2. The molecule has 20 heavy (non-hydrogen) atoms. The molecular formula is C15H20N4S. The molecule has 0 aliphatic rings. The number of aryl methyl sites for hydroxylation is 1. The second-order valence-corrected chi connectivity index (χ2v) is 5.57. The average molecular weight is 288 g/mol. The lowest BCUT2D eigenvalue weighted by Gasteiger charge is -2.10. The number of nitrogens with zero attached hydrogens (tertiary/aromatic N) is 2. The first-order valence-electron chi connectivity index (χ1n) is 6.74. The molecule has 0 unspecified atom stereocenters. The van der Waals surface area contributed by atoms with E-state index < -0.39 is 0 Å². The molecule has 2 rings (SSSR count). The Bertz CT molecular complexity index is 548. The Kier molecular flexibility index (Phi) is 5.55. The molecule has 0 amide bonds. The van der Waals surface area contributed by atoms with Gasteiger partial charge in [0.15, 0.2) is 5.96 Å². The number of aromatic nitrogens is 1. The van der Waals surface area contributed by atoms with Crippen LogP contribution in [0.3, 0.4) is 0 Å². The van der Waals surface area contributed by atoms with Crippen molar-refractivity contribution in [3.8, 4) is 0 Å². The molecule has 5 heteroatoms. The highest BCUT2D eigenvalue weighted by Crippen LogP contribution is 2.16. The molecule has 0 aliphatic heterocycles. The van der Waals surface area contributed by atoms with Gasteiger partial charge in [-0.3, -0.25) is 9.98 Å². The Hall–Kier alpha value is -1.88. The molecule has 0 spiro atoms. The van der Waals surface area contributed by atoms with Crippen LogP contribution in [-0.2, 0) is 19.5 Å². The van der Waals surface area contributed by atoms with E-state index in [1.54, 1.807) is 13.2 Å². The standard InChI is InChI=1S/C15H20N4S/c1-3-13-7-8-14(20-13)11-19-15(16-2)18-10-12-6-4-5-9-17-12/h4-9H,3,10-11H2,1-2H3,(H2,16,18,19). The molecule has 2 aromatic heterocycles. The lowest BCUT2D eigenvalue weighted by atomic mass is 10.3. The predicted octanol–water partition coefficient (Wildman–Crippen LogP) is 2.57. The molecule has 0 aliphatic carbocycles. The third-order valence-electron chi connectivity index (χ3n) is 2.88. The summed E-state index contributed by atoms with van der Waals surface area (Å²) in [6.07, 6.45) is 2.89. The second kappa shape index (κ2) is 7.65. The molecule has 0 radical (unpaired) electrons. The fourth-order valence-electron chi connectivity index (χ4n) is 1.78. The second-order valence-electron chi connectivity index (χ2n) is 4.32. The number of rotatable bonds is 5. The maximum atomic E-state index is 4.27. The minimum Gasteiger partial charge on any atom is -0.352 e. The van der Waals surface area contributed by atoms with Gasteiger partial charge in [-0.1, -0.05) is 13.0 Å². The van der Waals surface area contributed by atoms with Gasteiger partial charge < -0.3 is 10.6 Å². The average Bonchev–Trinajstić information content (AvgIpc) is 2.96. The van der Waals surface area contributed by atoms with Crippen molar-refractivity contribution < 1.29 is 0 Å². The van der Waals surface area contributed by atoms with Crippen molar-refractivity contribution in [1.82, 2.24) is 15.6 Å². The van der Waals surface area contributed by atoms with Crippen molar-refractivity contribution in [3.63, 3.8) is 0 Å². The first-order chi connectivity index (χ1) is 9.81. The molecule has 0 saturated carbocycles. The first kappa shape index (κ1) is 14.5. The van der Waals surface area contributed by atoms with Gasteiger partial charge in [0.05, 0.1) is 18.8 Å². The Morgan fingerprint density at radius 3 is 2.60 bits per heavy atom. The van der Waals surface area contributed by atoms with Gasteiger partial charge >= 0.3 is 0 Å². The van der Waals surface area contributed by atoms with Crippen LogP contribution in [0.5, 0.6) is 0 Å². The summed E-state index contributed by atoms with van der Waals surface area (Å²) in [6.45, 7) is 3.65. The maximum absolute atomic E-state index is 4.27. The number of pyridine rings is 1. The number of guanidine groups is 1. The molecule has 0 bridgehead atoms. The van der Waals surface area contributed by atoms with Crippen molar-refractivity contribution in [3.05, 3.63) is 52.0 Å². The molecule has 0 atom stereocenters. The van der Waals surface area contributed by atoms with E-state index in [0.29, 0.717) is 6.54 Å². The van der Waals surface area contributed by atoms with Crippen molar-refractivity contribution in [1.29, 1.82) is 0 Å². The topological polar surface area (TPSA) is 49.3 Å². The molecule has 0 fully saturated rings. The molecule has 2 aromatic rings. The van der Waals surface area contributed by atoms with Gasteiger partial charge in [0, 0.05) is 23.0 Å². The van der Waals surface area contributed by atoms with E-state index in [1.807, 2.05) is 29.5 Å². The summed E-state index contributed by atoms with van der Waals surface area (Å²) < 4.78 is 0. The van der Waals surface area contributed by atoms with E-state index in [9.17, 15) is 0 Å². The molecule has 106 valence electrons. The summed E-state index contributed by atoms with van der Waals surface area (Å²) >= 11 is 1.84. The Balaban J connectivity index is 1.81. The van der Waals surface area contributed by atoms with Crippen LogP contribution in [0.1, 0.15) is 22.4 Å². The van der Waals surface area contributed by atoms with E-state index in [2.05, 4.69) is 39.7 Å². The largest absolute Gasteiger partial charge is 0.352 e. The summed E-state index contributed by atoms with van der Waals surface area (Å²) in [5.41, 5.74) is 1.000. The van der Waals surface area contributed by atoms with Gasteiger partial charge in [0.2, 0.25) is 0 Å². The van der Waals surface area contributed by atoms with Gasteiger partial charge in [0.1, 0.15) is 0 Å². The van der Waals surface area contributed by atoms with Crippen molar-refractivity contribution in [2.24, 2.45) is 4.99 Å². The van der Waals surface area contributed by atoms with Crippen molar-refractivity contribution in [2.45, 2.75) is 26.4 Å². The zero-order valence-corrected chi connectivity index (χ0v) is 12.7. The third kappa shape index (κ3) is 4.35. The molecule has 2 heterocycles. The molecule has 0 aromatic carbocycles. The van der Waals surface area contributed by atoms with Crippen LogP contribution in [0.4, 0.5) is 0 Å². The Morgan fingerprint density at radius 1 is 1.15 bits per heavy atom. The number of nitrogens with one attached hydrogen (secondary N) is 2. The summed E-state index contributed by atoms with van der Waals surface area (Å²) in [5, 5.41) is 6.57. The van der Waals surface area contributed by atoms with Gasteiger partial charge in [-0.15, -0.1) is 11.3 Å². The van der Waals surface area contributed by atoms with Crippen LogP contribution in [0.2, 0.25) is 0 Å². The molecular weight excluding hydrogens is 268 g/mol. The number of hydrogen-bond acceptors (Lipinski definition) is 3. The highest BCUT2D eigenvalue weighted by atomic mass is 32.1. The Labute approximate surface area is 124 Å². The van der Waals surface area contributed by atoms with Crippen molar-refractivity contribution >= 4 is 17.3 Å². The van der Waals surface area contributed by atoms with E-state index in [0.717, 1.165) is 24.6 Å². The normalized spacial score (nSPS) is 11.4. The smallest absolute Gasteiger partial charge is 0.191 e. The molecule has 4 nitrogen and oxygen atoms in total. The minimum atomic E-state index is 0.672. The summed E-state index contributed by atoms with van der Waals surface area (Å²) in [6, 6.07) is 10.2. The number of hydrogen-bond donors (Lipinski definition) is 2. The fraction of sp³-hybridized carbons (Fsp3) is 0.333. The first-order valence-corrected chi connectivity index (χ1v) is 7.55. The van der Waals surface area contributed by atoms with Crippen LogP contribution in [0.15, 0.2) is 41.5 Å². The van der Waals surface area contributed by atoms with Gasteiger partial charge in [0.25, 0.3) is 0 Å². The highest BCUT2D eigenvalue weighted by Gasteiger charge is 2.01. The minimum absolute atomic E-state index is 0.672. The van der Waals surface area contributed by atoms with E-state index in [-0.39, 0.29) is 0 Å². The molecule has 2 N–H and O–H groups in total. The monoisotopic (exact) mass is 288 g/mol.